The molecule has 1 spiro atoms. The quantitative estimate of drug-likeness (QED) is 0.667. The predicted molar refractivity (Wildman–Crippen MR) is 117 cm³/mol. The standard InChI is InChI=1S/C25H25FN4O3/c1-15-9-17(24-28-13-18(26)14-29-24)10-16(2)22(15)23-19(31)11-25(12-20(23)32)4-7-30(8-5-25)21(33)3-6-27/h9-10,13-14,23H,3-5,7-8,11-12H2,1-2H3. The van der Waals surface area contributed by atoms with E-state index in [0.29, 0.717) is 50.2 Å². The summed E-state index contributed by atoms with van der Waals surface area (Å²) in [4.78, 5) is 48.3. The Morgan fingerprint density at radius 1 is 1.12 bits per heavy atom. The minimum absolute atomic E-state index is 0.0833. The van der Waals surface area contributed by atoms with E-state index in [2.05, 4.69) is 9.97 Å². The lowest BCUT2D eigenvalue weighted by atomic mass is 9.62. The Hall–Kier alpha value is -3.47. The highest BCUT2D eigenvalue weighted by atomic mass is 19.1. The Labute approximate surface area is 191 Å². The second-order valence-corrected chi connectivity index (χ2v) is 9.18. The van der Waals surface area contributed by atoms with Crippen molar-refractivity contribution in [3.63, 3.8) is 0 Å². The van der Waals surface area contributed by atoms with Crippen LogP contribution in [0.25, 0.3) is 11.4 Å². The Morgan fingerprint density at radius 2 is 1.67 bits per heavy atom. The molecule has 1 aromatic carbocycles. The minimum atomic E-state index is -0.794. The average Bonchev–Trinajstić information content (AvgIpc) is 2.76. The van der Waals surface area contributed by atoms with Crippen LogP contribution in [0.5, 0.6) is 0 Å². The van der Waals surface area contributed by atoms with Gasteiger partial charge in [-0.1, -0.05) is 0 Å². The first-order chi connectivity index (χ1) is 15.7. The number of benzene rings is 1. The summed E-state index contributed by atoms with van der Waals surface area (Å²) in [5.74, 6) is -1.30. The topological polar surface area (TPSA) is 104 Å². The number of ketones is 2. The van der Waals surface area contributed by atoms with Gasteiger partial charge in [-0.05, 0) is 60.9 Å². The number of likely N-dealkylation sites (tertiary alicyclic amines) is 1. The highest BCUT2D eigenvalue weighted by molar-refractivity contribution is 6.10. The number of aromatic nitrogens is 2. The van der Waals surface area contributed by atoms with Gasteiger partial charge in [-0.2, -0.15) is 5.26 Å². The van der Waals surface area contributed by atoms with Crippen LogP contribution in [0.2, 0.25) is 0 Å². The van der Waals surface area contributed by atoms with E-state index >= 15 is 0 Å². The number of amides is 1. The van der Waals surface area contributed by atoms with Crippen LogP contribution in [0.3, 0.4) is 0 Å². The van der Waals surface area contributed by atoms with E-state index in [-0.39, 0.29) is 23.9 Å². The second kappa shape index (κ2) is 8.81. The first-order valence-corrected chi connectivity index (χ1v) is 11.0. The van der Waals surface area contributed by atoms with Gasteiger partial charge in [-0.15, -0.1) is 0 Å². The molecule has 2 aliphatic rings. The number of carbonyl (C=O) groups excluding carboxylic acids is 3. The molecule has 1 aliphatic heterocycles. The summed E-state index contributed by atoms with van der Waals surface area (Å²) >= 11 is 0. The van der Waals surface area contributed by atoms with E-state index in [9.17, 15) is 18.8 Å². The zero-order chi connectivity index (χ0) is 23.8. The molecule has 1 aliphatic carbocycles. The number of aryl methyl sites for hydroxylation is 2. The lowest BCUT2D eigenvalue weighted by Gasteiger charge is -2.44. The molecule has 2 aromatic rings. The van der Waals surface area contributed by atoms with E-state index in [4.69, 9.17) is 5.26 Å². The molecule has 2 heterocycles. The van der Waals surface area contributed by atoms with E-state index in [1.165, 1.54) is 0 Å². The molecule has 1 saturated heterocycles. The van der Waals surface area contributed by atoms with Crippen molar-refractivity contribution in [1.82, 2.24) is 14.9 Å². The first kappa shape index (κ1) is 22.7. The molecule has 0 unspecified atom stereocenters. The zero-order valence-corrected chi connectivity index (χ0v) is 18.7. The maximum Gasteiger partial charge on any atom is 0.236 e. The zero-order valence-electron chi connectivity index (χ0n) is 18.7. The Kier molecular flexibility index (Phi) is 6.07. The van der Waals surface area contributed by atoms with Crippen molar-refractivity contribution < 1.29 is 18.8 Å². The van der Waals surface area contributed by atoms with Gasteiger partial charge in [-0.3, -0.25) is 14.4 Å². The van der Waals surface area contributed by atoms with Crippen LogP contribution in [-0.2, 0) is 14.4 Å². The molecule has 1 aromatic heterocycles. The molecule has 1 saturated carbocycles. The van der Waals surface area contributed by atoms with Crippen LogP contribution in [0.1, 0.15) is 54.7 Å². The fourth-order valence-electron chi connectivity index (χ4n) is 5.29. The Balaban J connectivity index is 1.54. The maximum atomic E-state index is 13.3. The largest absolute Gasteiger partial charge is 0.342 e. The summed E-state index contributed by atoms with van der Waals surface area (Å²) in [5.41, 5.74) is 2.63. The molecule has 0 atom stereocenters. The van der Waals surface area contributed by atoms with Crippen LogP contribution in [0.4, 0.5) is 4.39 Å². The molecule has 0 radical (unpaired) electrons. The SMILES string of the molecule is Cc1cc(-c2ncc(F)cn2)cc(C)c1C1C(=O)CC2(CCN(C(=O)CC#N)CC2)CC1=O. The highest BCUT2D eigenvalue weighted by Gasteiger charge is 2.47. The van der Waals surface area contributed by atoms with Crippen LogP contribution < -0.4 is 0 Å². The summed E-state index contributed by atoms with van der Waals surface area (Å²) in [5, 5.41) is 8.75. The smallest absolute Gasteiger partial charge is 0.236 e. The fraction of sp³-hybridized carbons (Fsp3) is 0.440. The Morgan fingerprint density at radius 3 is 2.18 bits per heavy atom. The number of Topliss-reactive ketones (excluding diaryl/α,β-unsaturated/α-hetero) is 2. The fourth-order valence-corrected chi connectivity index (χ4v) is 5.29. The van der Waals surface area contributed by atoms with Crippen molar-refractivity contribution in [2.45, 2.75) is 51.9 Å². The first-order valence-electron chi connectivity index (χ1n) is 11.0. The van der Waals surface area contributed by atoms with Crippen molar-refractivity contribution >= 4 is 17.5 Å². The average molecular weight is 448 g/mol. The number of halogens is 1. The van der Waals surface area contributed by atoms with E-state index in [0.717, 1.165) is 29.1 Å². The summed E-state index contributed by atoms with van der Waals surface area (Å²) in [6.07, 6.45) is 3.86. The molecule has 8 heteroatoms. The molecular formula is C25H25FN4O3. The number of piperidine rings is 1. The third-order valence-corrected chi connectivity index (χ3v) is 6.91. The molecule has 2 fully saturated rings. The molecule has 4 rings (SSSR count). The number of hydrogen-bond acceptors (Lipinski definition) is 6. The summed E-state index contributed by atoms with van der Waals surface area (Å²) in [7, 11) is 0. The van der Waals surface area contributed by atoms with Crippen LogP contribution in [0, 0.1) is 36.4 Å². The number of hydrogen-bond donors (Lipinski definition) is 0. The van der Waals surface area contributed by atoms with Crippen LogP contribution in [0.15, 0.2) is 24.5 Å². The number of rotatable bonds is 3. The molecule has 33 heavy (non-hydrogen) atoms. The van der Waals surface area contributed by atoms with E-state index in [1.807, 2.05) is 32.0 Å². The van der Waals surface area contributed by atoms with Crippen LogP contribution in [-0.4, -0.2) is 45.4 Å². The van der Waals surface area contributed by atoms with E-state index in [1.54, 1.807) is 4.90 Å². The van der Waals surface area contributed by atoms with Crippen molar-refractivity contribution in [3.8, 4) is 17.5 Å². The van der Waals surface area contributed by atoms with Crippen molar-refractivity contribution in [2.75, 3.05) is 13.1 Å². The van der Waals surface area contributed by atoms with Gasteiger partial charge in [0.15, 0.2) is 11.6 Å². The third-order valence-electron chi connectivity index (χ3n) is 6.91. The Bertz CT molecular complexity index is 1120. The highest BCUT2D eigenvalue weighted by Crippen LogP contribution is 2.47. The summed E-state index contributed by atoms with van der Waals surface area (Å²) < 4.78 is 13.2. The number of nitriles is 1. The van der Waals surface area contributed by atoms with Crippen molar-refractivity contribution in [1.29, 1.82) is 5.26 Å². The molecule has 0 N–H and O–H groups in total. The van der Waals surface area contributed by atoms with Gasteiger partial charge in [0, 0.05) is 31.5 Å². The monoisotopic (exact) mass is 448 g/mol. The number of nitrogens with zero attached hydrogens (tertiary/aromatic N) is 4. The van der Waals surface area contributed by atoms with E-state index < -0.39 is 17.2 Å². The van der Waals surface area contributed by atoms with Gasteiger partial charge < -0.3 is 4.90 Å². The summed E-state index contributed by atoms with van der Waals surface area (Å²) in [6.45, 7) is 4.66. The van der Waals surface area contributed by atoms with Gasteiger partial charge in [-0.25, -0.2) is 14.4 Å². The third kappa shape index (κ3) is 4.40. The molecule has 170 valence electrons. The molecule has 0 bridgehead atoms. The van der Waals surface area contributed by atoms with Gasteiger partial charge in [0.2, 0.25) is 5.91 Å². The minimum Gasteiger partial charge on any atom is -0.342 e. The summed E-state index contributed by atoms with van der Waals surface area (Å²) in [6, 6.07) is 5.54. The maximum absolute atomic E-state index is 13.3. The van der Waals surface area contributed by atoms with Crippen molar-refractivity contribution in [2.24, 2.45) is 5.41 Å². The van der Waals surface area contributed by atoms with Gasteiger partial charge in [0.05, 0.1) is 18.5 Å². The normalized spacial score (nSPS) is 18.4. The van der Waals surface area contributed by atoms with Crippen LogP contribution >= 0.6 is 0 Å². The second-order valence-electron chi connectivity index (χ2n) is 9.18. The lowest BCUT2D eigenvalue weighted by Crippen LogP contribution is -2.48. The molecule has 1 amide bonds. The molecular weight excluding hydrogens is 423 g/mol. The van der Waals surface area contributed by atoms with Crippen molar-refractivity contribution in [3.05, 3.63) is 47.0 Å². The number of carbonyl (C=O) groups is 3. The lowest BCUT2D eigenvalue weighted by molar-refractivity contribution is -0.140. The van der Waals surface area contributed by atoms with Gasteiger partial charge in [0.1, 0.15) is 23.9 Å². The predicted octanol–water partition coefficient (Wildman–Crippen LogP) is 3.44. The molecule has 7 nitrogen and oxygen atoms in total. The van der Waals surface area contributed by atoms with Gasteiger partial charge in [0.25, 0.3) is 0 Å². The van der Waals surface area contributed by atoms with Gasteiger partial charge >= 0.3 is 0 Å².